The summed E-state index contributed by atoms with van der Waals surface area (Å²) in [5.74, 6) is -3.33. The first-order valence-corrected chi connectivity index (χ1v) is 7.49. The molecule has 0 radical (unpaired) electrons. The van der Waals surface area contributed by atoms with Gasteiger partial charge in [-0.2, -0.15) is 0 Å². The minimum Gasteiger partial charge on any atom is -0.322 e. The summed E-state index contributed by atoms with van der Waals surface area (Å²) in [7, 11) is 0. The number of benzene rings is 1. The summed E-state index contributed by atoms with van der Waals surface area (Å²) in [4.78, 5) is 36.7. The summed E-state index contributed by atoms with van der Waals surface area (Å²) in [6.07, 6.45) is 0. The average Bonchev–Trinajstić information content (AvgIpc) is 2.44. The van der Waals surface area contributed by atoms with Crippen molar-refractivity contribution in [1.29, 1.82) is 0 Å². The molecule has 8 heteroatoms. The van der Waals surface area contributed by atoms with E-state index in [9.17, 15) is 23.2 Å². The molecule has 118 valence electrons. The number of rotatable bonds is 3. The van der Waals surface area contributed by atoms with Crippen LogP contribution in [0.4, 0.5) is 14.5 Å². The molecule has 0 spiro atoms. The fourth-order valence-corrected chi connectivity index (χ4v) is 3.15. The van der Waals surface area contributed by atoms with Crippen molar-refractivity contribution in [3.05, 3.63) is 29.8 Å². The standard InChI is InChI=1S/C14H14F2N2O3S/c1-7-13(20)18(14(21)8(2)22-7)6-12(19)17-11-4-3-9(15)5-10(11)16/h3-5,7-8H,6H2,1-2H3,(H,17,19)/t7-,8+. The monoisotopic (exact) mass is 328 g/mol. The normalized spacial score (nSPS) is 21.9. The lowest BCUT2D eigenvalue weighted by molar-refractivity contribution is -0.147. The van der Waals surface area contributed by atoms with Gasteiger partial charge in [-0.1, -0.05) is 0 Å². The Hall–Kier alpha value is -1.96. The van der Waals surface area contributed by atoms with Gasteiger partial charge in [-0.3, -0.25) is 19.3 Å². The van der Waals surface area contributed by atoms with Gasteiger partial charge in [0, 0.05) is 6.07 Å². The van der Waals surface area contributed by atoms with E-state index in [1.54, 1.807) is 13.8 Å². The Balaban J connectivity index is 2.07. The van der Waals surface area contributed by atoms with E-state index in [4.69, 9.17) is 0 Å². The molecule has 22 heavy (non-hydrogen) atoms. The molecule has 0 bridgehead atoms. The van der Waals surface area contributed by atoms with Gasteiger partial charge >= 0.3 is 0 Å². The molecule has 1 fully saturated rings. The number of amides is 3. The maximum atomic E-state index is 13.5. The molecule has 1 saturated heterocycles. The highest BCUT2D eigenvalue weighted by molar-refractivity contribution is 8.02. The van der Waals surface area contributed by atoms with E-state index in [2.05, 4.69) is 5.32 Å². The van der Waals surface area contributed by atoms with Gasteiger partial charge in [0.05, 0.1) is 16.2 Å². The van der Waals surface area contributed by atoms with Crippen LogP contribution in [0.5, 0.6) is 0 Å². The Morgan fingerprint density at radius 2 is 1.82 bits per heavy atom. The van der Waals surface area contributed by atoms with Crippen molar-refractivity contribution in [3.8, 4) is 0 Å². The zero-order chi connectivity index (χ0) is 16.4. The first kappa shape index (κ1) is 16.4. The van der Waals surface area contributed by atoms with Crippen molar-refractivity contribution >= 4 is 35.2 Å². The predicted octanol–water partition coefficient (Wildman–Crippen LogP) is 1.78. The summed E-state index contributed by atoms with van der Waals surface area (Å²) in [6, 6.07) is 2.70. The van der Waals surface area contributed by atoms with Crippen LogP contribution in [0, 0.1) is 11.6 Å². The smallest absolute Gasteiger partial charge is 0.244 e. The number of carbonyl (C=O) groups excluding carboxylic acids is 3. The predicted molar refractivity (Wildman–Crippen MR) is 78.2 cm³/mol. The van der Waals surface area contributed by atoms with Crippen molar-refractivity contribution in [2.45, 2.75) is 24.3 Å². The van der Waals surface area contributed by atoms with Crippen LogP contribution in [-0.2, 0) is 14.4 Å². The van der Waals surface area contributed by atoms with Gasteiger partial charge in [-0.15, -0.1) is 11.8 Å². The highest BCUT2D eigenvalue weighted by atomic mass is 32.2. The van der Waals surface area contributed by atoms with Gasteiger partial charge < -0.3 is 5.32 Å². The molecule has 1 aliphatic rings. The van der Waals surface area contributed by atoms with E-state index >= 15 is 0 Å². The number of nitrogens with one attached hydrogen (secondary N) is 1. The second kappa shape index (κ2) is 6.43. The fourth-order valence-electron chi connectivity index (χ4n) is 2.05. The highest BCUT2D eigenvalue weighted by Crippen LogP contribution is 2.26. The molecule has 0 aliphatic carbocycles. The third-order valence-electron chi connectivity index (χ3n) is 3.14. The molecule has 0 saturated carbocycles. The van der Waals surface area contributed by atoms with Crippen LogP contribution in [0.2, 0.25) is 0 Å². The maximum Gasteiger partial charge on any atom is 0.244 e. The summed E-state index contributed by atoms with van der Waals surface area (Å²) in [6.45, 7) is 2.81. The average molecular weight is 328 g/mol. The van der Waals surface area contributed by atoms with Gasteiger partial charge in [-0.25, -0.2) is 8.78 Å². The lowest BCUT2D eigenvalue weighted by atomic mass is 10.2. The van der Waals surface area contributed by atoms with Crippen LogP contribution in [-0.4, -0.2) is 39.7 Å². The Morgan fingerprint density at radius 3 is 2.36 bits per heavy atom. The summed E-state index contributed by atoms with van der Waals surface area (Å²) < 4.78 is 26.3. The molecule has 2 rings (SSSR count). The summed E-state index contributed by atoms with van der Waals surface area (Å²) >= 11 is 1.22. The SMILES string of the molecule is C[C@@H]1S[C@H](C)C(=O)N(CC(=O)Nc2ccc(F)cc2F)C1=O. The zero-order valence-electron chi connectivity index (χ0n) is 11.9. The number of carbonyl (C=O) groups is 3. The van der Waals surface area contributed by atoms with Crippen LogP contribution in [0.25, 0.3) is 0 Å². The molecule has 2 atom stereocenters. The lowest BCUT2D eigenvalue weighted by Gasteiger charge is -2.31. The largest absolute Gasteiger partial charge is 0.322 e. The molecule has 0 unspecified atom stereocenters. The lowest BCUT2D eigenvalue weighted by Crippen LogP contribution is -2.52. The number of thioether (sulfide) groups is 1. The quantitative estimate of drug-likeness (QED) is 0.859. The van der Waals surface area contributed by atoms with Crippen molar-refractivity contribution in [3.63, 3.8) is 0 Å². The van der Waals surface area contributed by atoms with Crippen molar-refractivity contribution < 1.29 is 23.2 Å². The molecule has 1 aromatic rings. The molecule has 1 aliphatic heterocycles. The van der Waals surface area contributed by atoms with Gasteiger partial charge in [0.1, 0.15) is 18.2 Å². The third kappa shape index (κ3) is 3.44. The highest BCUT2D eigenvalue weighted by Gasteiger charge is 2.38. The Bertz CT molecular complexity index is 619. The van der Waals surface area contributed by atoms with Crippen LogP contribution < -0.4 is 5.32 Å². The second-order valence-corrected chi connectivity index (χ2v) is 6.54. The molecular formula is C14H14F2N2O3S. The summed E-state index contributed by atoms with van der Waals surface area (Å²) in [5, 5.41) is 1.37. The third-order valence-corrected chi connectivity index (χ3v) is 4.36. The van der Waals surface area contributed by atoms with Crippen LogP contribution >= 0.6 is 11.8 Å². The Morgan fingerprint density at radius 1 is 1.23 bits per heavy atom. The minimum absolute atomic E-state index is 0.209. The van der Waals surface area contributed by atoms with Crippen molar-refractivity contribution in [2.24, 2.45) is 0 Å². The van der Waals surface area contributed by atoms with Gasteiger partial charge in [0.15, 0.2) is 0 Å². The Kier molecular flexibility index (Phi) is 4.80. The zero-order valence-corrected chi connectivity index (χ0v) is 12.7. The molecular weight excluding hydrogens is 314 g/mol. The van der Waals surface area contributed by atoms with E-state index in [1.807, 2.05) is 0 Å². The maximum absolute atomic E-state index is 13.5. The molecule has 1 N–H and O–H groups in total. The molecule has 1 aromatic carbocycles. The van der Waals surface area contributed by atoms with Crippen LogP contribution in [0.15, 0.2) is 18.2 Å². The second-order valence-electron chi connectivity index (χ2n) is 4.86. The number of imide groups is 1. The number of halogens is 2. The van der Waals surface area contributed by atoms with Crippen molar-refractivity contribution in [2.75, 3.05) is 11.9 Å². The minimum atomic E-state index is -0.929. The van der Waals surface area contributed by atoms with E-state index in [-0.39, 0.29) is 5.69 Å². The number of nitrogens with zero attached hydrogens (tertiary/aromatic N) is 1. The van der Waals surface area contributed by atoms with E-state index < -0.39 is 46.4 Å². The summed E-state index contributed by atoms with van der Waals surface area (Å²) in [5.41, 5.74) is -0.209. The number of hydrogen-bond acceptors (Lipinski definition) is 4. The van der Waals surface area contributed by atoms with Crippen LogP contribution in [0.1, 0.15) is 13.8 Å². The molecule has 5 nitrogen and oxygen atoms in total. The number of hydrogen-bond donors (Lipinski definition) is 1. The van der Waals surface area contributed by atoms with Gasteiger partial charge in [-0.05, 0) is 26.0 Å². The van der Waals surface area contributed by atoms with Gasteiger partial charge in [0.2, 0.25) is 17.7 Å². The molecule has 1 heterocycles. The molecule has 3 amide bonds. The topological polar surface area (TPSA) is 66.5 Å². The van der Waals surface area contributed by atoms with Gasteiger partial charge in [0.25, 0.3) is 0 Å². The molecule has 0 aromatic heterocycles. The first-order valence-electron chi connectivity index (χ1n) is 6.55. The van der Waals surface area contributed by atoms with E-state index in [1.165, 1.54) is 11.8 Å². The van der Waals surface area contributed by atoms with E-state index in [0.29, 0.717) is 6.07 Å². The van der Waals surface area contributed by atoms with E-state index in [0.717, 1.165) is 17.0 Å². The van der Waals surface area contributed by atoms with Crippen LogP contribution in [0.3, 0.4) is 0 Å². The fraction of sp³-hybridized carbons (Fsp3) is 0.357. The first-order chi connectivity index (χ1) is 10.3. The number of anilines is 1. The van der Waals surface area contributed by atoms with Crippen molar-refractivity contribution in [1.82, 2.24) is 4.90 Å². The Labute approximate surface area is 130 Å².